The molecule has 0 aliphatic rings. The molecule has 0 aliphatic heterocycles. The van der Waals surface area contributed by atoms with Crippen LogP contribution in [0.15, 0.2) is 26.9 Å². The Bertz CT molecular complexity index is 436. The third-order valence-electron chi connectivity index (χ3n) is 1.68. The number of benzene rings is 1. The SMILES string of the molecule is Nc1c(Br)sc2cccc(S)c12. The van der Waals surface area contributed by atoms with Gasteiger partial charge in [-0.3, -0.25) is 0 Å². The van der Waals surface area contributed by atoms with Gasteiger partial charge < -0.3 is 5.73 Å². The third-order valence-corrected chi connectivity index (χ3v) is 3.93. The van der Waals surface area contributed by atoms with Crippen molar-refractivity contribution in [2.24, 2.45) is 0 Å². The molecule has 0 unspecified atom stereocenters. The van der Waals surface area contributed by atoms with Crippen LogP contribution in [0.25, 0.3) is 10.1 Å². The normalized spacial score (nSPS) is 10.8. The maximum absolute atomic E-state index is 5.85. The van der Waals surface area contributed by atoms with Gasteiger partial charge in [-0.05, 0) is 28.1 Å². The van der Waals surface area contributed by atoms with Gasteiger partial charge in [-0.2, -0.15) is 0 Å². The van der Waals surface area contributed by atoms with Crippen molar-refractivity contribution in [1.29, 1.82) is 0 Å². The largest absolute Gasteiger partial charge is 0.397 e. The predicted octanol–water partition coefficient (Wildman–Crippen LogP) is 3.53. The Balaban J connectivity index is 2.97. The van der Waals surface area contributed by atoms with E-state index in [-0.39, 0.29) is 0 Å². The standard InChI is InChI=1S/C8H6BrNS2/c9-8-7(10)6-4(11)2-1-3-5(6)12-8/h1-3,11H,10H2. The molecule has 2 N–H and O–H groups in total. The van der Waals surface area contributed by atoms with Crippen LogP contribution in [0.3, 0.4) is 0 Å². The first-order chi connectivity index (χ1) is 5.70. The molecule has 0 fully saturated rings. The number of thiophene rings is 1. The van der Waals surface area contributed by atoms with Gasteiger partial charge in [-0.25, -0.2) is 0 Å². The molecule has 0 atom stereocenters. The lowest BCUT2D eigenvalue weighted by Gasteiger charge is -1.94. The van der Waals surface area contributed by atoms with Gasteiger partial charge in [-0.1, -0.05) is 6.07 Å². The summed E-state index contributed by atoms with van der Waals surface area (Å²) in [7, 11) is 0. The van der Waals surface area contributed by atoms with Gasteiger partial charge in [0, 0.05) is 15.0 Å². The van der Waals surface area contributed by atoms with Crippen LogP contribution in [0.4, 0.5) is 5.69 Å². The minimum absolute atomic E-state index is 0.792. The first-order valence-electron chi connectivity index (χ1n) is 3.35. The first-order valence-corrected chi connectivity index (χ1v) is 5.41. The van der Waals surface area contributed by atoms with Crippen LogP contribution in [0.2, 0.25) is 0 Å². The highest BCUT2D eigenvalue weighted by molar-refractivity contribution is 9.11. The fourth-order valence-corrected chi connectivity index (χ4v) is 3.12. The van der Waals surface area contributed by atoms with Crippen molar-refractivity contribution in [1.82, 2.24) is 0 Å². The fraction of sp³-hybridized carbons (Fsp3) is 0. The van der Waals surface area contributed by atoms with Crippen molar-refractivity contribution in [3.8, 4) is 0 Å². The van der Waals surface area contributed by atoms with Crippen LogP contribution in [0.1, 0.15) is 0 Å². The van der Waals surface area contributed by atoms with E-state index in [0.717, 1.165) is 19.8 Å². The number of halogens is 1. The molecule has 2 rings (SSSR count). The first kappa shape index (κ1) is 8.41. The maximum atomic E-state index is 5.85. The van der Waals surface area contributed by atoms with E-state index in [1.54, 1.807) is 11.3 Å². The number of thiol groups is 1. The second kappa shape index (κ2) is 2.94. The molecule has 0 saturated carbocycles. The molecule has 1 nitrogen and oxygen atoms in total. The Kier molecular flexibility index (Phi) is 2.06. The van der Waals surface area contributed by atoms with Gasteiger partial charge in [-0.15, -0.1) is 24.0 Å². The minimum Gasteiger partial charge on any atom is -0.397 e. The second-order valence-electron chi connectivity index (χ2n) is 2.44. The molecule has 4 heteroatoms. The number of hydrogen-bond donors (Lipinski definition) is 2. The molecular formula is C8H6BrNS2. The zero-order valence-electron chi connectivity index (χ0n) is 6.04. The van der Waals surface area contributed by atoms with Crippen molar-refractivity contribution in [2.45, 2.75) is 4.90 Å². The molecule has 0 radical (unpaired) electrons. The summed E-state index contributed by atoms with van der Waals surface area (Å²) in [4.78, 5) is 0.937. The van der Waals surface area contributed by atoms with Crippen molar-refractivity contribution < 1.29 is 0 Å². The maximum Gasteiger partial charge on any atom is 0.0940 e. The van der Waals surface area contributed by atoms with Crippen LogP contribution >= 0.6 is 39.9 Å². The lowest BCUT2D eigenvalue weighted by atomic mass is 10.2. The number of nitrogens with two attached hydrogens (primary N) is 1. The molecule has 62 valence electrons. The quantitative estimate of drug-likeness (QED) is 0.696. The minimum atomic E-state index is 0.792. The van der Waals surface area contributed by atoms with Crippen LogP contribution < -0.4 is 5.73 Å². The lowest BCUT2D eigenvalue weighted by molar-refractivity contribution is 1.59. The Hall–Kier alpha value is -0.190. The number of hydrogen-bond acceptors (Lipinski definition) is 3. The van der Waals surface area contributed by atoms with E-state index >= 15 is 0 Å². The van der Waals surface area contributed by atoms with Crippen LogP contribution in [-0.4, -0.2) is 0 Å². The molecule has 0 spiro atoms. The summed E-state index contributed by atoms with van der Waals surface area (Å²) in [5, 5.41) is 1.05. The summed E-state index contributed by atoms with van der Waals surface area (Å²) in [5.41, 5.74) is 6.65. The van der Waals surface area contributed by atoms with Gasteiger partial charge in [0.05, 0.1) is 9.47 Å². The highest BCUT2D eigenvalue weighted by Crippen LogP contribution is 2.40. The molecule has 1 heterocycles. The average molecular weight is 260 g/mol. The van der Waals surface area contributed by atoms with E-state index in [2.05, 4.69) is 28.6 Å². The van der Waals surface area contributed by atoms with Crippen molar-refractivity contribution in [3.05, 3.63) is 22.0 Å². The van der Waals surface area contributed by atoms with Gasteiger partial charge in [0.25, 0.3) is 0 Å². The molecular weight excluding hydrogens is 254 g/mol. The van der Waals surface area contributed by atoms with E-state index in [4.69, 9.17) is 5.73 Å². The molecule has 12 heavy (non-hydrogen) atoms. The molecule has 0 saturated heterocycles. The van der Waals surface area contributed by atoms with Gasteiger partial charge in [0.1, 0.15) is 0 Å². The topological polar surface area (TPSA) is 26.0 Å². The van der Waals surface area contributed by atoms with Crippen LogP contribution in [0, 0.1) is 0 Å². The van der Waals surface area contributed by atoms with Crippen molar-refractivity contribution in [2.75, 3.05) is 5.73 Å². The number of fused-ring (bicyclic) bond motifs is 1. The van der Waals surface area contributed by atoms with E-state index in [1.165, 1.54) is 4.70 Å². The van der Waals surface area contributed by atoms with Crippen molar-refractivity contribution >= 4 is 55.7 Å². The molecule has 2 aromatic rings. The molecule has 0 aliphatic carbocycles. The van der Waals surface area contributed by atoms with E-state index in [0.29, 0.717) is 0 Å². The summed E-state index contributed by atoms with van der Waals surface area (Å²) >= 11 is 9.38. The fourth-order valence-electron chi connectivity index (χ4n) is 1.13. The van der Waals surface area contributed by atoms with Crippen molar-refractivity contribution in [3.63, 3.8) is 0 Å². The van der Waals surface area contributed by atoms with Crippen LogP contribution in [-0.2, 0) is 0 Å². The summed E-state index contributed by atoms with van der Waals surface area (Å²) in [6.45, 7) is 0. The Morgan fingerprint density at radius 3 is 2.83 bits per heavy atom. The van der Waals surface area contributed by atoms with E-state index in [1.807, 2.05) is 18.2 Å². The monoisotopic (exact) mass is 259 g/mol. The van der Waals surface area contributed by atoms with Gasteiger partial charge >= 0.3 is 0 Å². The molecule has 0 amide bonds. The summed E-state index contributed by atoms with van der Waals surface area (Å²) in [6, 6.07) is 5.97. The molecule has 1 aromatic heterocycles. The van der Waals surface area contributed by atoms with E-state index < -0.39 is 0 Å². The smallest absolute Gasteiger partial charge is 0.0940 e. The van der Waals surface area contributed by atoms with Gasteiger partial charge in [0.15, 0.2) is 0 Å². The number of rotatable bonds is 0. The Morgan fingerprint density at radius 2 is 2.17 bits per heavy atom. The van der Waals surface area contributed by atoms with E-state index in [9.17, 15) is 0 Å². The summed E-state index contributed by atoms with van der Waals surface area (Å²) in [5.74, 6) is 0. The van der Waals surface area contributed by atoms with Gasteiger partial charge in [0.2, 0.25) is 0 Å². The van der Waals surface area contributed by atoms with Crippen LogP contribution in [0.5, 0.6) is 0 Å². The highest BCUT2D eigenvalue weighted by atomic mass is 79.9. The molecule has 0 bridgehead atoms. The number of nitrogen functional groups attached to an aromatic ring is 1. The molecule has 1 aromatic carbocycles. The second-order valence-corrected chi connectivity index (χ2v) is 5.29. The predicted molar refractivity (Wildman–Crippen MR) is 61.2 cm³/mol. The zero-order valence-corrected chi connectivity index (χ0v) is 9.34. The average Bonchev–Trinajstić information content (AvgIpc) is 2.29. The zero-order chi connectivity index (χ0) is 8.72. The third kappa shape index (κ3) is 1.14. The Morgan fingerprint density at radius 1 is 1.42 bits per heavy atom. The highest BCUT2D eigenvalue weighted by Gasteiger charge is 2.08. The number of anilines is 1. The lowest BCUT2D eigenvalue weighted by Crippen LogP contribution is -1.82. The summed E-state index contributed by atoms with van der Waals surface area (Å²) < 4.78 is 2.16. The summed E-state index contributed by atoms with van der Waals surface area (Å²) in [6.07, 6.45) is 0. The Labute approximate surface area is 88.1 Å².